The molecule has 1 amide bonds. The van der Waals surface area contributed by atoms with Crippen LogP contribution in [0.25, 0.3) is 5.82 Å². The number of nitrogens with one attached hydrogen (secondary N) is 2. The highest BCUT2D eigenvalue weighted by atomic mass is 16.4. The number of aromatic carboxylic acids is 1. The van der Waals surface area contributed by atoms with Crippen molar-refractivity contribution in [1.29, 1.82) is 0 Å². The predicted molar refractivity (Wildman–Crippen MR) is 95.2 cm³/mol. The molecule has 1 atom stereocenters. The SMILES string of the molecule is Cc1nn(-c2ccc(=O)[nH]n2)c2c1C(c1ccc(C(=O)O)cc1)CC(=O)N2. The van der Waals surface area contributed by atoms with E-state index in [0.29, 0.717) is 17.3 Å². The van der Waals surface area contributed by atoms with Crippen molar-refractivity contribution < 1.29 is 14.7 Å². The quantitative estimate of drug-likeness (QED) is 0.644. The zero-order chi connectivity index (χ0) is 19.1. The lowest BCUT2D eigenvalue weighted by atomic mass is 9.85. The highest BCUT2D eigenvalue weighted by molar-refractivity contribution is 5.95. The fourth-order valence-electron chi connectivity index (χ4n) is 3.31. The Bertz CT molecular complexity index is 1090. The van der Waals surface area contributed by atoms with E-state index in [1.165, 1.54) is 28.9 Å². The largest absolute Gasteiger partial charge is 0.478 e. The van der Waals surface area contributed by atoms with Gasteiger partial charge in [0.2, 0.25) is 5.91 Å². The van der Waals surface area contributed by atoms with Crippen LogP contribution in [0.15, 0.2) is 41.2 Å². The number of amides is 1. The van der Waals surface area contributed by atoms with Crippen LogP contribution in [0.1, 0.15) is 39.5 Å². The number of carboxylic acid groups (broad SMARTS) is 1. The fourth-order valence-corrected chi connectivity index (χ4v) is 3.31. The number of anilines is 1. The highest BCUT2D eigenvalue weighted by Gasteiger charge is 2.33. The maximum atomic E-state index is 12.3. The van der Waals surface area contributed by atoms with Crippen molar-refractivity contribution in [3.63, 3.8) is 0 Å². The molecular weight excluding hydrogens is 350 g/mol. The van der Waals surface area contributed by atoms with E-state index in [-0.39, 0.29) is 29.4 Å². The lowest BCUT2D eigenvalue weighted by molar-refractivity contribution is -0.116. The third-order valence-electron chi connectivity index (χ3n) is 4.54. The van der Waals surface area contributed by atoms with Crippen molar-refractivity contribution in [2.45, 2.75) is 19.3 Å². The molecular formula is C18H15N5O4. The van der Waals surface area contributed by atoms with Crippen LogP contribution in [0.5, 0.6) is 0 Å². The van der Waals surface area contributed by atoms with E-state index in [9.17, 15) is 14.4 Å². The molecule has 0 fully saturated rings. The van der Waals surface area contributed by atoms with Gasteiger partial charge in [-0.3, -0.25) is 9.59 Å². The minimum atomic E-state index is -1.00. The van der Waals surface area contributed by atoms with Crippen molar-refractivity contribution >= 4 is 17.7 Å². The van der Waals surface area contributed by atoms with Gasteiger partial charge in [0.15, 0.2) is 5.82 Å². The highest BCUT2D eigenvalue weighted by Crippen LogP contribution is 2.39. The Hall–Kier alpha value is -3.75. The number of aryl methyl sites for hydroxylation is 1. The third kappa shape index (κ3) is 2.88. The number of nitrogens with zero attached hydrogens (tertiary/aromatic N) is 3. The average molecular weight is 365 g/mol. The summed E-state index contributed by atoms with van der Waals surface area (Å²) in [6, 6.07) is 9.32. The maximum Gasteiger partial charge on any atom is 0.335 e. The van der Waals surface area contributed by atoms with E-state index in [1.807, 2.05) is 6.92 Å². The van der Waals surface area contributed by atoms with Crippen molar-refractivity contribution in [3.05, 3.63) is 69.1 Å². The van der Waals surface area contributed by atoms with Gasteiger partial charge in [-0.25, -0.2) is 9.89 Å². The first kappa shape index (κ1) is 16.7. The normalized spacial score (nSPS) is 15.9. The van der Waals surface area contributed by atoms with E-state index in [1.54, 1.807) is 12.1 Å². The van der Waals surface area contributed by atoms with Gasteiger partial charge in [0.1, 0.15) is 5.82 Å². The van der Waals surface area contributed by atoms with E-state index < -0.39 is 5.97 Å². The molecule has 1 unspecified atom stereocenters. The number of carbonyl (C=O) groups is 2. The second kappa shape index (κ2) is 6.20. The Labute approximate surface area is 152 Å². The van der Waals surface area contributed by atoms with Crippen molar-refractivity contribution in [2.24, 2.45) is 0 Å². The summed E-state index contributed by atoms with van der Waals surface area (Å²) in [6.07, 6.45) is 0.227. The van der Waals surface area contributed by atoms with E-state index >= 15 is 0 Å². The second-order valence-corrected chi connectivity index (χ2v) is 6.27. The van der Waals surface area contributed by atoms with Crippen LogP contribution < -0.4 is 10.9 Å². The molecule has 1 aliphatic rings. The van der Waals surface area contributed by atoms with Gasteiger partial charge in [-0.1, -0.05) is 12.1 Å². The standard InChI is InChI=1S/C18H15N5O4/c1-9-16-12(10-2-4-11(5-3-10)18(26)27)8-15(25)19-17(16)23(22-9)13-6-7-14(24)21-20-13/h2-7,12H,8H2,1H3,(H,19,25)(H,21,24)(H,26,27). The summed E-state index contributed by atoms with van der Waals surface area (Å²) in [7, 11) is 0. The third-order valence-corrected chi connectivity index (χ3v) is 4.54. The molecule has 1 aliphatic heterocycles. The fraction of sp³-hybridized carbons (Fsp3) is 0.167. The molecule has 1 aromatic carbocycles. The molecule has 0 radical (unpaired) electrons. The Morgan fingerprint density at radius 3 is 2.56 bits per heavy atom. The molecule has 3 N–H and O–H groups in total. The van der Waals surface area contributed by atoms with Crippen LogP contribution in [-0.4, -0.2) is 37.0 Å². The monoisotopic (exact) mass is 365 g/mol. The number of carboxylic acids is 1. The van der Waals surface area contributed by atoms with Gasteiger partial charge in [-0.05, 0) is 30.7 Å². The number of hydrogen-bond acceptors (Lipinski definition) is 5. The molecule has 3 aromatic rings. The van der Waals surface area contributed by atoms with E-state index in [2.05, 4.69) is 20.6 Å². The number of H-pyrrole nitrogens is 1. The number of rotatable bonds is 3. The Kier molecular flexibility index (Phi) is 3.84. The van der Waals surface area contributed by atoms with Crippen molar-refractivity contribution in [1.82, 2.24) is 20.0 Å². The molecule has 0 spiro atoms. The van der Waals surface area contributed by atoms with Crippen LogP contribution in [0.3, 0.4) is 0 Å². The minimum Gasteiger partial charge on any atom is -0.478 e. The molecule has 2 aromatic heterocycles. The van der Waals surface area contributed by atoms with Gasteiger partial charge in [-0.15, -0.1) is 0 Å². The maximum absolute atomic E-state index is 12.3. The molecule has 9 nitrogen and oxygen atoms in total. The number of benzene rings is 1. The Morgan fingerprint density at radius 1 is 1.19 bits per heavy atom. The first-order valence-corrected chi connectivity index (χ1v) is 8.23. The first-order chi connectivity index (χ1) is 12.9. The van der Waals surface area contributed by atoms with Crippen LogP contribution in [0, 0.1) is 6.92 Å². The predicted octanol–water partition coefficient (Wildman–Crippen LogP) is 1.44. The molecule has 27 heavy (non-hydrogen) atoms. The zero-order valence-electron chi connectivity index (χ0n) is 14.3. The number of hydrogen-bond donors (Lipinski definition) is 3. The summed E-state index contributed by atoms with van der Waals surface area (Å²) >= 11 is 0. The summed E-state index contributed by atoms with van der Waals surface area (Å²) in [6.45, 7) is 1.83. The van der Waals surface area contributed by atoms with Crippen LogP contribution >= 0.6 is 0 Å². The van der Waals surface area contributed by atoms with Gasteiger partial charge < -0.3 is 10.4 Å². The first-order valence-electron chi connectivity index (χ1n) is 8.23. The number of fused-ring (bicyclic) bond motifs is 1. The molecule has 0 aliphatic carbocycles. The molecule has 136 valence electrons. The Balaban J connectivity index is 1.82. The van der Waals surface area contributed by atoms with Crippen LogP contribution in [-0.2, 0) is 4.79 Å². The van der Waals surface area contributed by atoms with Crippen LogP contribution in [0.2, 0.25) is 0 Å². The summed E-state index contributed by atoms with van der Waals surface area (Å²) < 4.78 is 1.48. The van der Waals surface area contributed by atoms with Gasteiger partial charge in [0.05, 0.1) is 11.3 Å². The van der Waals surface area contributed by atoms with Gasteiger partial charge >= 0.3 is 5.97 Å². The van der Waals surface area contributed by atoms with Gasteiger partial charge in [-0.2, -0.15) is 14.9 Å². The molecule has 0 saturated heterocycles. The lowest BCUT2D eigenvalue weighted by Gasteiger charge is -2.24. The van der Waals surface area contributed by atoms with Crippen LogP contribution in [0.4, 0.5) is 5.82 Å². The van der Waals surface area contributed by atoms with Gasteiger partial charge in [0.25, 0.3) is 5.56 Å². The molecule has 0 bridgehead atoms. The topological polar surface area (TPSA) is 130 Å². The summed E-state index contributed by atoms with van der Waals surface area (Å²) in [5.41, 5.74) is 2.23. The minimum absolute atomic E-state index is 0.180. The summed E-state index contributed by atoms with van der Waals surface area (Å²) in [5.74, 6) is -0.568. The molecule has 3 heterocycles. The molecule has 4 rings (SSSR count). The number of aromatic nitrogens is 4. The average Bonchev–Trinajstić information content (AvgIpc) is 2.98. The van der Waals surface area contributed by atoms with Crippen molar-refractivity contribution in [2.75, 3.05) is 5.32 Å². The van der Waals surface area contributed by atoms with Crippen molar-refractivity contribution in [3.8, 4) is 5.82 Å². The van der Waals surface area contributed by atoms with Gasteiger partial charge in [0, 0.05) is 24.0 Å². The summed E-state index contributed by atoms with van der Waals surface area (Å²) in [4.78, 5) is 34.6. The number of aromatic amines is 1. The summed E-state index contributed by atoms with van der Waals surface area (Å²) in [5, 5.41) is 22.7. The van der Waals surface area contributed by atoms with E-state index in [4.69, 9.17) is 5.11 Å². The zero-order valence-corrected chi connectivity index (χ0v) is 14.3. The lowest BCUT2D eigenvalue weighted by Crippen LogP contribution is -2.25. The number of carbonyl (C=O) groups excluding carboxylic acids is 1. The Morgan fingerprint density at radius 2 is 1.93 bits per heavy atom. The molecule has 0 saturated carbocycles. The second-order valence-electron chi connectivity index (χ2n) is 6.27. The molecule has 9 heteroatoms. The van der Waals surface area contributed by atoms with E-state index in [0.717, 1.165) is 11.1 Å². The smallest absolute Gasteiger partial charge is 0.335 e.